The van der Waals surface area contributed by atoms with E-state index in [-0.39, 0.29) is 12.2 Å². The highest BCUT2D eigenvalue weighted by Gasteiger charge is 2.41. The van der Waals surface area contributed by atoms with E-state index in [1.807, 2.05) is 0 Å². The van der Waals surface area contributed by atoms with Crippen LogP contribution in [-0.4, -0.2) is 54.5 Å². The third-order valence-corrected chi connectivity index (χ3v) is 3.83. The molecule has 88 valence electrons. The molecule has 0 aliphatic carbocycles. The lowest BCUT2D eigenvalue weighted by atomic mass is 9.86. The first kappa shape index (κ1) is 11.3. The van der Waals surface area contributed by atoms with E-state index in [9.17, 15) is 0 Å². The van der Waals surface area contributed by atoms with Gasteiger partial charge in [-0.1, -0.05) is 0 Å². The van der Waals surface area contributed by atoms with E-state index in [1.165, 1.54) is 19.4 Å². The van der Waals surface area contributed by atoms with Gasteiger partial charge in [-0.25, -0.2) is 0 Å². The lowest BCUT2D eigenvalue weighted by Gasteiger charge is -2.43. The Morgan fingerprint density at radius 2 is 2.33 bits per heavy atom. The zero-order chi connectivity index (χ0) is 10.7. The predicted molar refractivity (Wildman–Crippen MR) is 58.7 cm³/mol. The molecule has 2 aliphatic heterocycles. The number of ether oxygens (including phenoxy) is 1. The topological polar surface area (TPSA) is 58.7 Å². The number of piperidine rings is 1. The second-order valence-corrected chi connectivity index (χ2v) is 4.75. The number of hydrogen-bond acceptors (Lipinski definition) is 4. The third-order valence-electron chi connectivity index (χ3n) is 3.83. The molecule has 2 heterocycles. The van der Waals surface area contributed by atoms with Gasteiger partial charge in [0.25, 0.3) is 0 Å². The van der Waals surface area contributed by atoms with Gasteiger partial charge in [0, 0.05) is 19.1 Å². The Hall–Kier alpha value is -0.160. The second-order valence-electron chi connectivity index (χ2n) is 4.75. The summed E-state index contributed by atoms with van der Waals surface area (Å²) in [6, 6.07) is 0.668. The maximum absolute atomic E-state index is 8.82. The number of rotatable bonds is 4. The van der Waals surface area contributed by atoms with E-state index in [4.69, 9.17) is 15.6 Å². The third kappa shape index (κ3) is 2.33. The largest absolute Gasteiger partial charge is 0.394 e. The Kier molecular flexibility index (Phi) is 3.61. The van der Waals surface area contributed by atoms with Gasteiger partial charge in [0.05, 0.1) is 18.8 Å². The molecule has 3 N–H and O–H groups in total. The Labute approximate surface area is 91.4 Å². The monoisotopic (exact) mass is 214 g/mol. The van der Waals surface area contributed by atoms with Crippen molar-refractivity contribution in [3.63, 3.8) is 0 Å². The van der Waals surface area contributed by atoms with Gasteiger partial charge in [0.15, 0.2) is 0 Å². The van der Waals surface area contributed by atoms with Crippen LogP contribution < -0.4 is 5.73 Å². The van der Waals surface area contributed by atoms with Crippen molar-refractivity contribution in [3.8, 4) is 0 Å². The Bertz CT molecular complexity index is 213. The Morgan fingerprint density at radius 1 is 1.47 bits per heavy atom. The number of nitrogens with zero attached hydrogens (tertiary/aromatic N) is 1. The van der Waals surface area contributed by atoms with Gasteiger partial charge in [-0.2, -0.15) is 0 Å². The van der Waals surface area contributed by atoms with E-state index in [1.54, 1.807) is 0 Å². The van der Waals surface area contributed by atoms with Gasteiger partial charge in [0.1, 0.15) is 0 Å². The smallest absolute Gasteiger partial charge is 0.0832 e. The van der Waals surface area contributed by atoms with Crippen LogP contribution >= 0.6 is 0 Å². The summed E-state index contributed by atoms with van der Waals surface area (Å²) in [5.41, 5.74) is 5.68. The molecule has 2 rings (SSSR count). The molecule has 4 heteroatoms. The first-order valence-corrected chi connectivity index (χ1v) is 5.99. The zero-order valence-corrected chi connectivity index (χ0v) is 9.32. The standard InChI is InChI=1S/C11H22N2O2/c12-9-11(15-7-6-14)3-5-13-4-1-2-10(13)8-11/h10,14H,1-9,12H2. The quantitative estimate of drug-likeness (QED) is 0.689. The number of hydrogen-bond donors (Lipinski definition) is 2. The average Bonchev–Trinajstić information content (AvgIpc) is 2.73. The number of nitrogens with two attached hydrogens (primary N) is 1. The summed E-state index contributed by atoms with van der Waals surface area (Å²) in [5.74, 6) is 0. The van der Waals surface area contributed by atoms with Crippen LogP contribution in [0.2, 0.25) is 0 Å². The van der Waals surface area contributed by atoms with Crippen molar-refractivity contribution < 1.29 is 9.84 Å². The predicted octanol–water partition coefficient (Wildman–Crippen LogP) is -0.0490. The summed E-state index contributed by atoms with van der Waals surface area (Å²) < 4.78 is 5.78. The van der Waals surface area contributed by atoms with E-state index < -0.39 is 0 Å². The summed E-state index contributed by atoms with van der Waals surface area (Å²) in [7, 11) is 0. The lowest BCUT2D eigenvalue weighted by Crippen LogP contribution is -2.53. The summed E-state index contributed by atoms with van der Waals surface area (Å²) in [6.07, 6.45) is 4.65. The van der Waals surface area contributed by atoms with Crippen molar-refractivity contribution in [3.05, 3.63) is 0 Å². The van der Waals surface area contributed by atoms with Crippen LogP contribution in [0, 0.1) is 0 Å². The molecular formula is C11H22N2O2. The van der Waals surface area contributed by atoms with Crippen molar-refractivity contribution in [2.24, 2.45) is 5.73 Å². The molecule has 4 nitrogen and oxygen atoms in total. The molecule has 0 saturated carbocycles. The minimum atomic E-state index is -0.158. The Balaban J connectivity index is 1.95. The van der Waals surface area contributed by atoms with Crippen molar-refractivity contribution in [1.29, 1.82) is 0 Å². The molecule has 2 unspecified atom stereocenters. The molecule has 0 bridgehead atoms. The Morgan fingerprint density at radius 3 is 3.07 bits per heavy atom. The molecular weight excluding hydrogens is 192 g/mol. The number of aliphatic hydroxyl groups is 1. The normalized spacial score (nSPS) is 36.8. The minimum absolute atomic E-state index is 0.0934. The summed E-state index contributed by atoms with van der Waals surface area (Å²) >= 11 is 0. The van der Waals surface area contributed by atoms with Crippen molar-refractivity contribution in [2.75, 3.05) is 32.8 Å². The molecule has 0 amide bonds. The highest BCUT2D eigenvalue weighted by Crippen LogP contribution is 2.34. The van der Waals surface area contributed by atoms with E-state index >= 15 is 0 Å². The molecule has 0 aromatic rings. The van der Waals surface area contributed by atoms with Crippen LogP contribution in [0.5, 0.6) is 0 Å². The van der Waals surface area contributed by atoms with Gasteiger partial charge in [-0.05, 0) is 32.2 Å². The summed E-state index contributed by atoms with van der Waals surface area (Å²) in [6.45, 7) is 3.44. The van der Waals surface area contributed by atoms with Gasteiger partial charge in [0.2, 0.25) is 0 Å². The molecule has 2 fully saturated rings. The molecule has 2 atom stereocenters. The van der Waals surface area contributed by atoms with E-state index in [0.717, 1.165) is 19.4 Å². The molecule has 0 radical (unpaired) electrons. The first-order valence-electron chi connectivity index (χ1n) is 5.99. The van der Waals surface area contributed by atoms with E-state index in [0.29, 0.717) is 19.2 Å². The van der Waals surface area contributed by atoms with Crippen LogP contribution in [0.1, 0.15) is 25.7 Å². The van der Waals surface area contributed by atoms with Crippen molar-refractivity contribution >= 4 is 0 Å². The van der Waals surface area contributed by atoms with Gasteiger partial charge in [-0.15, -0.1) is 0 Å². The van der Waals surface area contributed by atoms with Crippen LogP contribution in [0.3, 0.4) is 0 Å². The fourth-order valence-corrected chi connectivity index (χ4v) is 2.94. The van der Waals surface area contributed by atoms with Crippen LogP contribution in [-0.2, 0) is 4.74 Å². The second kappa shape index (κ2) is 4.78. The fraction of sp³-hybridized carbons (Fsp3) is 1.00. The molecule has 0 aromatic heterocycles. The van der Waals surface area contributed by atoms with Crippen LogP contribution in [0.4, 0.5) is 0 Å². The molecule has 2 saturated heterocycles. The van der Waals surface area contributed by atoms with Gasteiger partial charge in [-0.3, -0.25) is 0 Å². The highest BCUT2D eigenvalue weighted by molar-refractivity contribution is 4.96. The summed E-state index contributed by atoms with van der Waals surface area (Å²) in [5, 5.41) is 8.82. The highest BCUT2D eigenvalue weighted by atomic mass is 16.5. The lowest BCUT2D eigenvalue weighted by molar-refractivity contribution is -0.0956. The molecule has 0 spiro atoms. The van der Waals surface area contributed by atoms with Gasteiger partial charge < -0.3 is 20.5 Å². The first-order chi connectivity index (χ1) is 7.29. The SMILES string of the molecule is NCC1(OCCO)CCN2CCCC2C1. The maximum Gasteiger partial charge on any atom is 0.0832 e. The molecule has 0 aromatic carbocycles. The van der Waals surface area contributed by atoms with E-state index in [2.05, 4.69) is 4.90 Å². The summed E-state index contributed by atoms with van der Waals surface area (Å²) in [4.78, 5) is 2.55. The molecule has 15 heavy (non-hydrogen) atoms. The molecule has 2 aliphatic rings. The fourth-order valence-electron chi connectivity index (χ4n) is 2.94. The zero-order valence-electron chi connectivity index (χ0n) is 9.32. The van der Waals surface area contributed by atoms with Crippen molar-refractivity contribution in [1.82, 2.24) is 4.90 Å². The van der Waals surface area contributed by atoms with Gasteiger partial charge >= 0.3 is 0 Å². The van der Waals surface area contributed by atoms with Crippen LogP contribution in [0.25, 0.3) is 0 Å². The number of fused-ring (bicyclic) bond motifs is 1. The minimum Gasteiger partial charge on any atom is -0.394 e. The number of aliphatic hydroxyl groups excluding tert-OH is 1. The van der Waals surface area contributed by atoms with Crippen molar-refractivity contribution in [2.45, 2.75) is 37.3 Å². The van der Waals surface area contributed by atoms with Crippen LogP contribution in [0.15, 0.2) is 0 Å². The maximum atomic E-state index is 8.82. The average molecular weight is 214 g/mol.